The lowest BCUT2D eigenvalue weighted by atomic mass is 9.95. The first-order valence-corrected chi connectivity index (χ1v) is 7.46. The van der Waals surface area contributed by atoms with Crippen LogP contribution in [0.3, 0.4) is 0 Å². The fourth-order valence-electron chi connectivity index (χ4n) is 3.66. The fraction of sp³-hybridized carbons (Fsp3) is 0.467. The van der Waals surface area contributed by atoms with Crippen LogP contribution in [-0.4, -0.2) is 13.1 Å². The molecule has 18 heavy (non-hydrogen) atoms. The molecule has 1 nitrogen and oxygen atoms in total. The SMILES string of the molecule is Cl.c1cc2ccc(C3CC4CNCC4C3)cc2s1. The van der Waals surface area contributed by atoms with Gasteiger partial charge < -0.3 is 5.32 Å². The number of thiophene rings is 1. The van der Waals surface area contributed by atoms with Crippen molar-refractivity contribution in [3.63, 3.8) is 0 Å². The Bertz CT molecular complexity index is 538. The summed E-state index contributed by atoms with van der Waals surface area (Å²) in [5, 5.41) is 7.12. The largest absolute Gasteiger partial charge is 0.316 e. The van der Waals surface area contributed by atoms with Crippen LogP contribution in [0.1, 0.15) is 24.3 Å². The highest BCUT2D eigenvalue weighted by atomic mass is 35.5. The molecule has 2 atom stereocenters. The lowest BCUT2D eigenvalue weighted by Gasteiger charge is -2.11. The van der Waals surface area contributed by atoms with Gasteiger partial charge in [0.1, 0.15) is 0 Å². The van der Waals surface area contributed by atoms with Gasteiger partial charge in [0.2, 0.25) is 0 Å². The number of rotatable bonds is 1. The number of nitrogens with one attached hydrogen (secondary N) is 1. The highest BCUT2D eigenvalue weighted by molar-refractivity contribution is 7.17. The van der Waals surface area contributed by atoms with E-state index >= 15 is 0 Å². The second kappa shape index (κ2) is 4.84. The molecule has 2 aromatic rings. The molecular formula is C15H18ClNS. The van der Waals surface area contributed by atoms with Gasteiger partial charge in [0.25, 0.3) is 0 Å². The molecule has 2 fully saturated rings. The third kappa shape index (κ3) is 1.97. The van der Waals surface area contributed by atoms with Gasteiger partial charge in [0.05, 0.1) is 0 Å². The summed E-state index contributed by atoms with van der Waals surface area (Å²) in [7, 11) is 0. The van der Waals surface area contributed by atoms with Crippen LogP contribution < -0.4 is 5.32 Å². The van der Waals surface area contributed by atoms with E-state index in [1.165, 1.54) is 36.0 Å². The summed E-state index contributed by atoms with van der Waals surface area (Å²) < 4.78 is 1.46. The summed E-state index contributed by atoms with van der Waals surface area (Å²) in [6.07, 6.45) is 2.79. The summed E-state index contributed by atoms with van der Waals surface area (Å²) in [5.74, 6) is 2.71. The quantitative estimate of drug-likeness (QED) is 0.831. The predicted octanol–water partition coefficient (Wildman–Crippen LogP) is 4.04. The molecule has 1 aliphatic carbocycles. The maximum atomic E-state index is 3.52. The van der Waals surface area contributed by atoms with E-state index in [1.54, 1.807) is 5.56 Å². The number of hydrogen-bond donors (Lipinski definition) is 1. The molecule has 1 saturated heterocycles. The number of hydrogen-bond acceptors (Lipinski definition) is 2. The smallest absolute Gasteiger partial charge is 0.0345 e. The first-order chi connectivity index (χ1) is 8.40. The molecule has 2 aliphatic rings. The Morgan fingerprint density at radius 2 is 1.83 bits per heavy atom. The Morgan fingerprint density at radius 1 is 1.06 bits per heavy atom. The monoisotopic (exact) mass is 279 g/mol. The highest BCUT2D eigenvalue weighted by Gasteiger charge is 2.37. The van der Waals surface area contributed by atoms with Crippen molar-refractivity contribution in [1.82, 2.24) is 5.32 Å². The van der Waals surface area contributed by atoms with Crippen LogP contribution in [0.25, 0.3) is 10.1 Å². The van der Waals surface area contributed by atoms with Crippen LogP contribution in [-0.2, 0) is 0 Å². The van der Waals surface area contributed by atoms with E-state index in [0.717, 1.165) is 17.8 Å². The standard InChI is InChI=1S/C15H17NS.ClH/c1-2-11(7-15-10(1)3-4-17-15)12-5-13-8-16-9-14(13)6-12;/h1-4,7,12-14,16H,5-6,8-9H2;1H. The number of benzene rings is 1. The molecule has 0 amide bonds. The Morgan fingerprint density at radius 3 is 2.61 bits per heavy atom. The van der Waals surface area contributed by atoms with Crippen LogP contribution in [0.4, 0.5) is 0 Å². The predicted molar refractivity (Wildman–Crippen MR) is 80.9 cm³/mol. The summed E-state index contributed by atoms with van der Waals surface area (Å²) >= 11 is 1.87. The topological polar surface area (TPSA) is 12.0 Å². The molecule has 1 saturated carbocycles. The Labute approximate surface area is 118 Å². The van der Waals surface area contributed by atoms with E-state index in [2.05, 4.69) is 35.0 Å². The molecule has 0 spiro atoms. The van der Waals surface area contributed by atoms with Crippen molar-refractivity contribution < 1.29 is 0 Å². The minimum Gasteiger partial charge on any atom is -0.316 e. The van der Waals surface area contributed by atoms with Gasteiger partial charge in [-0.05, 0) is 72.1 Å². The Kier molecular flexibility index (Phi) is 3.35. The normalized spacial score (nSPS) is 30.3. The molecule has 3 heteroatoms. The van der Waals surface area contributed by atoms with E-state index in [-0.39, 0.29) is 12.4 Å². The molecule has 4 rings (SSSR count). The summed E-state index contributed by atoms with van der Waals surface area (Å²) in [6, 6.07) is 9.30. The van der Waals surface area contributed by atoms with Gasteiger partial charge in [0, 0.05) is 4.70 Å². The van der Waals surface area contributed by atoms with Gasteiger partial charge in [-0.3, -0.25) is 0 Å². The van der Waals surface area contributed by atoms with Crippen molar-refractivity contribution >= 4 is 33.8 Å². The first kappa shape index (κ1) is 12.5. The van der Waals surface area contributed by atoms with Gasteiger partial charge in [-0.2, -0.15) is 0 Å². The van der Waals surface area contributed by atoms with Crippen molar-refractivity contribution in [3.05, 3.63) is 35.2 Å². The number of fused-ring (bicyclic) bond motifs is 2. The third-order valence-electron chi connectivity index (χ3n) is 4.61. The molecule has 1 aliphatic heterocycles. The van der Waals surface area contributed by atoms with E-state index < -0.39 is 0 Å². The lowest BCUT2D eigenvalue weighted by molar-refractivity contribution is 0.494. The van der Waals surface area contributed by atoms with Gasteiger partial charge in [-0.25, -0.2) is 0 Å². The first-order valence-electron chi connectivity index (χ1n) is 6.58. The number of halogens is 1. The van der Waals surface area contributed by atoms with E-state index in [0.29, 0.717) is 0 Å². The zero-order valence-corrected chi connectivity index (χ0v) is 11.9. The van der Waals surface area contributed by atoms with Gasteiger partial charge in [-0.1, -0.05) is 12.1 Å². The van der Waals surface area contributed by atoms with Crippen LogP contribution in [0.15, 0.2) is 29.6 Å². The van der Waals surface area contributed by atoms with Crippen molar-refractivity contribution in [1.29, 1.82) is 0 Å². The zero-order valence-electron chi connectivity index (χ0n) is 10.3. The van der Waals surface area contributed by atoms with Crippen molar-refractivity contribution in [2.24, 2.45) is 11.8 Å². The van der Waals surface area contributed by atoms with Crippen LogP contribution in [0.5, 0.6) is 0 Å². The molecule has 1 aromatic carbocycles. The second-order valence-electron chi connectivity index (χ2n) is 5.56. The van der Waals surface area contributed by atoms with Crippen molar-refractivity contribution in [2.45, 2.75) is 18.8 Å². The minimum absolute atomic E-state index is 0. The molecule has 2 heterocycles. The average Bonchev–Trinajstić information content (AvgIpc) is 3.02. The van der Waals surface area contributed by atoms with Gasteiger partial charge in [-0.15, -0.1) is 23.7 Å². The Balaban J connectivity index is 0.000001000. The Hall–Kier alpha value is -0.570. The second-order valence-corrected chi connectivity index (χ2v) is 6.51. The fourth-order valence-corrected chi connectivity index (χ4v) is 4.50. The van der Waals surface area contributed by atoms with Crippen LogP contribution in [0.2, 0.25) is 0 Å². The highest BCUT2D eigenvalue weighted by Crippen LogP contribution is 2.44. The van der Waals surface area contributed by atoms with Gasteiger partial charge in [0.15, 0.2) is 0 Å². The van der Waals surface area contributed by atoms with E-state index in [4.69, 9.17) is 0 Å². The van der Waals surface area contributed by atoms with Crippen molar-refractivity contribution in [3.8, 4) is 0 Å². The summed E-state index contributed by atoms with van der Waals surface area (Å²) in [5.41, 5.74) is 1.58. The molecule has 1 aromatic heterocycles. The maximum Gasteiger partial charge on any atom is 0.0345 e. The molecule has 2 unspecified atom stereocenters. The summed E-state index contributed by atoms with van der Waals surface area (Å²) in [4.78, 5) is 0. The lowest BCUT2D eigenvalue weighted by Crippen LogP contribution is -2.11. The van der Waals surface area contributed by atoms with Gasteiger partial charge >= 0.3 is 0 Å². The molecule has 0 radical (unpaired) electrons. The van der Waals surface area contributed by atoms with E-state index in [1.807, 2.05) is 11.3 Å². The molecule has 96 valence electrons. The average molecular weight is 280 g/mol. The van der Waals surface area contributed by atoms with E-state index in [9.17, 15) is 0 Å². The third-order valence-corrected chi connectivity index (χ3v) is 5.49. The maximum absolute atomic E-state index is 3.52. The summed E-state index contributed by atoms with van der Waals surface area (Å²) in [6.45, 7) is 2.50. The molecular weight excluding hydrogens is 262 g/mol. The molecule has 1 N–H and O–H groups in total. The zero-order chi connectivity index (χ0) is 11.2. The van der Waals surface area contributed by atoms with Crippen LogP contribution in [0, 0.1) is 11.8 Å². The molecule has 0 bridgehead atoms. The van der Waals surface area contributed by atoms with Crippen LogP contribution >= 0.6 is 23.7 Å². The minimum atomic E-state index is 0. The van der Waals surface area contributed by atoms with Crippen molar-refractivity contribution in [2.75, 3.05) is 13.1 Å².